The molecule has 4 rings (SSSR count). The Morgan fingerprint density at radius 3 is 2.65 bits per heavy atom. The number of rotatable bonds is 5. The van der Waals surface area contributed by atoms with Crippen LogP contribution in [0.2, 0.25) is 5.02 Å². The van der Waals surface area contributed by atoms with Crippen LogP contribution in [-0.2, 0) is 0 Å². The van der Waals surface area contributed by atoms with E-state index in [0.29, 0.717) is 22.9 Å². The summed E-state index contributed by atoms with van der Waals surface area (Å²) in [6, 6.07) is 11.9. The van der Waals surface area contributed by atoms with Gasteiger partial charge in [-0.1, -0.05) is 29.8 Å². The molecule has 2 aromatic carbocycles. The van der Waals surface area contributed by atoms with Gasteiger partial charge in [0.2, 0.25) is 0 Å². The third-order valence-corrected chi connectivity index (χ3v) is 6.53. The van der Waals surface area contributed by atoms with Crippen molar-refractivity contribution >= 4 is 39.8 Å². The number of hydrogen-bond donors (Lipinski definition) is 2. The maximum absolute atomic E-state index is 12.7. The number of hydrogen-bond acceptors (Lipinski definition) is 6. The lowest BCUT2D eigenvalue weighted by atomic mass is 10.1. The molecule has 0 fully saturated rings. The predicted molar refractivity (Wildman–Crippen MR) is 122 cm³/mol. The summed E-state index contributed by atoms with van der Waals surface area (Å²) >= 11 is 7.66. The summed E-state index contributed by atoms with van der Waals surface area (Å²) in [6.07, 6.45) is -0.426. The van der Waals surface area contributed by atoms with Crippen LogP contribution in [0.1, 0.15) is 49.8 Å². The van der Waals surface area contributed by atoms with Crippen LogP contribution in [-0.4, -0.2) is 18.5 Å². The van der Waals surface area contributed by atoms with Crippen molar-refractivity contribution in [3.63, 3.8) is 0 Å². The molecule has 0 bridgehead atoms. The topological polar surface area (TPSA) is 76.7 Å². The lowest BCUT2D eigenvalue weighted by Crippen LogP contribution is -2.38. The first-order chi connectivity index (χ1) is 14.9. The highest BCUT2D eigenvalue weighted by atomic mass is 35.5. The summed E-state index contributed by atoms with van der Waals surface area (Å²) in [7, 11) is 0. The molecule has 1 amide bonds. The van der Waals surface area contributed by atoms with E-state index < -0.39 is 12.1 Å². The summed E-state index contributed by atoms with van der Waals surface area (Å²) in [5.41, 5.74) is 2.73. The summed E-state index contributed by atoms with van der Waals surface area (Å²) in [6.45, 7) is 6.17. The number of thiophene rings is 1. The SMILES string of the molecule is CCOc1cc([C@H]2NC(=O)c3c(sc(C)c3C)N2)ccc1OC(=O)c1ccccc1Cl. The van der Waals surface area contributed by atoms with Gasteiger partial charge in [-0.2, -0.15) is 0 Å². The smallest absolute Gasteiger partial charge is 0.345 e. The van der Waals surface area contributed by atoms with Gasteiger partial charge in [-0.25, -0.2) is 4.79 Å². The van der Waals surface area contributed by atoms with Crippen LogP contribution < -0.4 is 20.1 Å². The number of halogens is 1. The fourth-order valence-electron chi connectivity index (χ4n) is 3.38. The Kier molecular flexibility index (Phi) is 5.89. The van der Waals surface area contributed by atoms with E-state index in [0.717, 1.165) is 21.0 Å². The van der Waals surface area contributed by atoms with Crippen LogP contribution in [0, 0.1) is 13.8 Å². The van der Waals surface area contributed by atoms with E-state index in [1.165, 1.54) is 0 Å². The van der Waals surface area contributed by atoms with Crippen LogP contribution >= 0.6 is 22.9 Å². The molecule has 3 aromatic rings. The molecule has 0 unspecified atom stereocenters. The molecule has 1 aliphatic heterocycles. The molecular formula is C23H21ClN2O4S. The number of nitrogens with one attached hydrogen (secondary N) is 2. The zero-order valence-electron chi connectivity index (χ0n) is 17.2. The Labute approximate surface area is 189 Å². The molecule has 8 heteroatoms. The summed E-state index contributed by atoms with van der Waals surface area (Å²) < 4.78 is 11.3. The van der Waals surface area contributed by atoms with Gasteiger partial charge >= 0.3 is 5.97 Å². The van der Waals surface area contributed by atoms with Gasteiger partial charge in [0, 0.05) is 4.88 Å². The first-order valence-electron chi connectivity index (χ1n) is 9.80. The highest BCUT2D eigenvalue weighted by molar-refractivity contribution is 7.16. The van der Waals surface area contributed by atoms with Crippen LogP contribution in [0.15, 0.2) is 42.5 Å². The van der Waals surface area contributed by atoms with Crippen molar-refractivity contribution < 1.29 is 19.1 Å². The zero-order chi connectivity index (χ0) is 22.1. The fourth-order valence-corrected chi connectivity index (χ4v) is 4.68. The molecule has 160 valence electrons. The molecular weight excluding hydrogens is 436 g/mol. The number of ether oxygens (including phenoxy) is 2. The number of carbonyl (C=O) groups excluding carboxylic acids is 2. The molecule has 0 radical (unpaired) electrons. The van der Waals surface area contributed by atoms with Gasteiger partial charge in [-0.05, 0) is 56.2 Å². The van der Waals surface area contributed by atoms with Gasteiger partial charge in [-0.3, -0.25) is 4.79 Å². The number of anilines is 1. The van der Waals surface area contributed by atoms with Crippen LogP contribution in [0.25, 0.3) is 0 Å². The Morgan fingerprint density at radius 1 is 1.13 bits per heavy atom. The average Bonchev–Trinajstić information content (AvgIpc) is 3.03. The Balaban J connectivity index is 1.61. The van der Waals surface area contributed by atoms with Gasteiger partial charge in [0.15, 0.2) is 11.5 Å². The molecule has 1 atom stereocenters. The summed E-state index contributed by atoms with van der Waals surface area (Å²) in [4.78, 5) is 26.3. The average molecular weight is 457 g/mol. The first kappa shape index (κ1) is 21.2. The van der Waals surface area contributed by atoms with Crippen molar-refractivity contribution in [2.24, 2.45) is 0 Å². The second kappa shape index (κ2) is 8.61. The third-order valence-electron chi connectivity index (χ3n) is 5.06. The van der Waals surface area contributed by atoms with Gasteiger partial charge < -0.3 is 20.1 Å². The highest BCUT2D eigenvalue weighted by Crippen LogP contribution is 2.39. The van der Waals surface area contributed by atoms with E-state index in [2.05, 4.69) is 10.6 Å². The Bertz CT molecular complexity index is 1170. The zero-order valence-corrected chi connectivity index (χ0v) is 18.8. The summed E-state index contributed by atoms with van der Waals surface area (Å²) in [5, 5.41) is 7.51. The van der Waals surface area contributed by atoms with Gasteiger partial charge in [-0.15, -0.1) is 11.3 Å². The minimum atomic E-state index is -0.572. The van der Waals surface area contributed by atoms with Crippen LogP contribution in [0.5, 0.6) is 11.5 Å². The molecule has 31 heavy (non-hydrogen) atoms. The van der Waals surface area contributed by atoms with E-state index in [1.54, 1.807) is 53.8 Å². The number of esters is 1. The van der Waals surface area contributed by atoms with Gasteiger partial charge in [0.1, 0.15) is 11.2 Å². The van der Waals surface area contributed by atoms with E-state index in [9.17, 15) is 9.59 Å². The van der Waals surface area contributed by atoms with E-state index in [-0.39, 0.29) is 17.2 Å². The molecule has 1 aromatic heterocycles. The van der Waals surface area contributed by atoms with Crippen molar-refractivity contribution in [2.45, 2.75) is 26.9 Å². The molecule has 0 aliphatic carbocycles. The number of carbonyl (C=O) groups is 2. The van der Waals surface area contributed by atoms with Crippen molar-refractivity contribution in [1.29, 1.82) is 0 Å². The van der Waals surface area contributed by atoms with Gasteiger partial charge in [0.25, 0.3) is 5.91 Å². The monoisotopic (exact) mass is 456 g/mol. The van der Waals surface area contributed by atoms with Crippen molar-refractivity contribution in [3.05, 3.63) is 74.6 Å². The number of aryl methyl sites for hydroxylation is 1. The molecule has 1 aliphatic rings. The molecule has 0 saturated carbocycles. The van der Waals surface area contributed by atoms with E-state index in [4.69, 9.17) is 21.1 Å². The van der Waals surface area contributed by atoms with Crippen molar-refractivity contribution in [3.8, 4) is 11.5 Å². The molecule has 2 heterocycles. The van der Waals surface area contributed by atoms with Crippen molar-refractivity contribution in [2.75, 3.05) is 11.9 Å². The number of amides is 1. The second-order valence-corrected chi connectivity index (χ2v) is 8.68. The van der Waals surface area contributed by atoms with Crippen LogP contribution in [0.4, 0.5) is 5.00 Å². The molecule has 0 saturated heterocycles. The molecule has 2 N–H and O–H groups in total. The van der Waals surface area contributed by atoms with E-state index >= 15 is 0 Å². The minimum absolute atomic E-state index is 0.118. The third kappa shape index (κ3) is 4.11. The Hall–Kier alpha value is -3.03. The molecule has 0 spiro atoms. The lowest BCUT2D eigenvalue weighted by molar-refractivity contribution is 0.0728. The lowest BCUT2D eigenvalue weighted by Gasteiger charge is -2.27. The number of benzene rings is 2. The second-order valence-electron chi connectivity index (χ2n) is 7.05. The standard InChI is InChI=1S/C23H21ClN2O4S/c1-4-29-18-11-14(20-25-21(27)19-12(2)13(3)31-22(19)26-20)9-10-17(18)30-23(28)15-7-5-6-8-16(15)24/h5-11,20,26H,4H2,1-3H3,(H,25,27)/t20-/m0/s1. The fraction of sp³-hybridized carbons (Fsp3) is 0.217. The van der Waals surface area contributed by atoms with Gasteiger partial charge in [0.05, 0.1) is 22.8 Å². The van der Waals surface area contributed by atoms with E-state index in [1.807, 2.05) is 20.8 Å². The predicted octanol–water partition coefficient (Wildman–Crippen LogP) is 5.49. The van der Waals surface area contributed by atoms with Crippen LogP contribution in [0.3, 0.4) is 0 Å². The Morgan fingerprint density at radius 2 is 1.90 bits per heavy atom. The minimum Gasteiger partial charge on any atom is -0.490 e. The maximum Gasteiger partial charge on any atom is 0.345 e. The van der Waals surface area contributed by atoms with Crippen molar-refractivity contribution in [1.82, 2.24) is 5.32 Å². The highest BCUT2D eigenvalue weighted by Gasteiger charge is 2.29. The first-order valence-corrected chi connectivity index (χ1v) is 11.0. The normalized spacial score (nSPS) is 15.0. The quantitative estimate of drug-likeness (QED) is 0.392. The largest absolute Gasteiger partial charge is 0.490 e. The molecule has 6 nitrogen and oxygen atoms in total. The maximum atomic E-state index is 12.7. The number of fused-ring (bicyclic) bond motifs is 1. The summed E-state index contributed by atoms with van der Waals surface area (Å²) in [5.74, 6) is -0.00712.